The van der Waals surface area contributed by atoms with Crippen LogP contribution in [0.25, 0.3) is 27.5 Å². The zero-order valence-corrected chi connectivity index (χ0v) is 16.2. The number of nitrogens with zero attached hydrogens (tertiary/aromatic N) is 3. The lowest BCUT2D eigenvalue weighted by molar-refractivity contribution is 0.142. The average Bonchev–Trinajstić information content (AvgIpc) is 3.18. The molecule has 2 aromatic carbocycles. The summed E-state index contributed by atoms with van der Waals surface area (Å²) in [6.45, 7) is 5.03. The third-order valence-corrected chi connectivity index (χ3v) is 6.04. The second-order valence-electron chi connectivity index (χ2n) is 7.97. The Bertz CT molecular complexity index is 1180. The van der Waals surface area contributed by atoms with Gasteiger partial charge in [0.2, 0.25) is 0 Å². The van der Waals surface area contributed by atoms with Crippen molar-refractivity contribution in [2.45, 2.75) is 26.4 Å². The molecular weight excluding hydrogens is 346 g/mol. The minimum absolute atomic E-state index is 0.0788. The summed E-state index contributed by atoms with van der Waals surface area (Å²) in [5, 5.41) is 1.80. The molecule has 5 rings (SSSR count). The highest BCUT2D eigenvalue weighted by atomic mass is 16.1. The lowest BCUT2D eigenvalue weighted by atomic mass is 10.00. The zero-order valence-electron chi connectivity index (χ0n) is 16.2. The van der Waals surface area contributed by atoms with Gasteiger partial charge < -0.3 is 0 Å². The van der Waals surface area contributed by atoms with Crippen LogP contribution in [0.2, 0.25) is 0 Å². The van der Waals surface area contributed by atoms with Crippen molar-refractivity contribution in [2.75, 3.05) is 13.1 Å². The molecule has 1 aliphatic heterocycles. The highest BCUT2D eigenvalue weighted by Crippen LogP contribution is 2.26. The van der Waals surface area contributed by atoms with Gasteiger partial charge in [-0.2, -0.15) is 0 Å². The molecule has 0 saturated carbocycles. The molecule has 0 atom stereocenters. The molecule has 4 aromatic rings. The first-order valence-corrected chi connectivity index (χ1v) is 10.1. The van der Waals surface area contributed by atoms with Crippen molar-refractivity contribution in [1.29, 1.82) is 0 Å². The Hall–Kier alpha value is -2.85. The minimum Gasteiger partial charge on any atom is -0.284 e. The van der Waals surface area contributed by atoms with Crippen LogP contribution in [0.15, 0.2) is 71.5 Å². The number of benzene rings is 2. The van der Waals surface area contributed by atoms with E-state index in [1.54, 1.807) is 0 Å². The van der Waals surface area contributed by atoms with Crippen LogP contribution < -0.4 is 5.56 Å². The molecule has 0 spiro atoms. The molecule has 2 aromatic heterocycles. The van der Waals surface area contributed by atoms with Crippen molar-refractivity contribution < 1.29 is 0 Å². The van der Waals surface area contributed by atoms with Gasteiger partial charge in [0.15, 0.2) is 0 Å². The SMILES string of the molecule is CC1CCN(Cn2c(=O)c3ccccc3c3ccc(-c4ccccc4)n32)CC1. The highest BCUT2D eigenvalue weighted by molar-refractivity contribution is 5.96. The Morgan fingerprint density at radius 2 is 1.54 bits per heavy atom. The number of piperidine rings is 1. The van der Waals surface area contributed by atoms with Crippen LogP contribution >= 0.6 is 0 Å². The van der Waals surface area contributed by atoms with Crippen LogP contribution in [-0.4, -0.2) is 27.2 Å². The minimum atomic E-state index is 0.0788. The predicted octanol–water partition coefficient (Wildman–Crippen LogP) is 4.61. The maximum absolute atomic E-state index is 13.5. The van der Waals surface area contributed by atoms with Gasteiger partial charge in [-0.25, -0.2) is 9.20 Å². The standard InChI is InChI=1S/C24H25N3O/c1-18-13-15-25(16-14-18)17-26-24(28)21-10-6-5-9-20(21)23-12-11-22(27(23)26)19-7-3-2-4-8-19/h2-12,18H,13-17H2,1H3. The number of fused-ring (bicyclic) bond motifs is 3. The van der Waals surface area contributed by atoms with E-state index in [4.69, 9.17) is 0 Å². The fourth-order valence-corrected chi connectivity index (χ4v) is 4.36. The van der Waals surface area contributed by atoms with Gasteiger partial charge in [0, 0.05) is 24.0 Å². The predicted molar refractivity (Wildman–Crippen MR) is 115 cm³/mol. The van der Waals surface area contributed by atoms with Gasteiger partial charge in [-0.05, 0) is 37.0 Å². The monoisotopic (exact) mass is 371 g/mol. The molecule has 0 radical (unpaired) electrons. The maximum Gasteiger partial charge on any atom is 0.274 e. The summed E-state index contributed by atoms with van der Waals surface area (Å²) >= 11 is 0. The molecule has 0 aliphatic carbocycles. The number of hydrogen-bond donors (Lipinski definition) is 0. The Labute approximate surface area is 164 Å². The maximum atomic E-state index is 13.5. The smallest absolute Gasteiger partial charge is 0.274 e. The third kappa shape index (κ3) is 2.85. The van der Waals surface area contributed by atoms with Gasteiger partial charge in [0.1, 0.15) is 0 Å². The molecule has 3 heterocycles. The normalized spacial score (nSPS) is 16.2. The number of aromatic nitrogens is 2. The second-order valence-corrected chi connectivity index (χ2v) is 7.97. The van der Waals surface area contributed by atoms with E-state index in [0.717, 1.165) is 46.6 Å². The van der Waals surface area contributed by atoms with Gasteiger partial charge >= 0.3 is 0 Å². The number of likely N-dealkylation sites (tertiary alicyclic amines) is 1. The molecule has 1 aliphatic rings. The summed E-state index contributed by atoms with van der Waals surface area (Å²) in [6, 6.07) is 22.6. The summed E-state index contributed by atoms with van der Waals surface area (Å²) < 4.78 is 4.05. The summed E-state index contributed by atoms with van der Waals surface area (Å²) in [5.41, 5.74) is 3.34. The quantitative estimate of drug-likeness (QED) is 0.526. The molecule has 0 N–H and O–H groups in total. The Morgan fingerprint density at radius 3 is 2.29 bits per heavy atom. The molecule has 0 unspecified atom stereocenters. The topological polar surface area (TPSA) is 29.7 Å². The summed E-state index contributed by atoms with van der Waals surface area (Å²) in [6.07, 6.45) is 2.39. The molecule has 1 fully saturated rings. The van der Waals surface area contributed by atoms with E-state index in [2.05, 4.69) is 40.6 Å². The Kier molecular flexibility index (Phi) is 4.29. The molecular formula is C24H25N3O. The van der Waals surface area contributed by atoms with E-state index in [9.17, 15) is 4.79 Å². The van der Waals surface area contributed by atoms with Crippen molar-refractivity contribution in [1.82, 2.24) is 14.1 Å². The molecule has 4 heteroatoms. The van der Waals surface area contributed by atoms with E-state index in [1.165, 1.54) is 12.8 Å². The van der Waals surface area contributed by atoms with Gasteiger partial charge in [-0.3, -0.25) is 9.69 Å². The second kappa shape index (κ2) is 6.95. The Morgan fingerprint density at radius 1 is 0.857 bits per heavy atom. The lowest BCUT2D eigenvalue weighted by Gasteiger charge is -2.31. The first-order chi connectivity index (χ1) is 13.7. The molecule has 0 amide bonds. The largest absolute Gasteiger partial charge is 0.284 e. The average molecular weight is 371 g/mol. The number of rotatable bonds is 3. The van der Waals surface area contributed by atoms with E-state index in [1.807, 2.05) is 47.1 Å². The summed E-state index contributed by atoms with van der Waals surface area (Å²) in [7, 11) is 0. The molecule has 0 bridgehead atoms. The van der Waals surface area contributed by atoms with Gasteiger partial charge in [-0.15, -0.1) is 0 Å². The van der Waals surface area contributed by atoms with Crippen LogP contribution in [0.3, 0.4) is 0 Å². The van der Waals surface area contributed by atoms with Crippen LogP contribution in [0.4, 0.5) is 0 Å². The molecule has 28 heavy (non-hydrogen) atoms. The van der Waals surface area contributed by atoms with Crippen LogP contribution in [0.1, 0.15) is 19.8 Å². The van der Waals surface area contributed by atoms with E-state index in [-0.39, 0.29) is 5.56 Å². The van der Waals surface area contributed by atoms with E-state index < -0.39 is 0 Å². The van der Waals surface area contributed by atoms with Crippen molar-refractivity contribution in [3.63, 3.8) is 0 Å². The number of hydrogen-bond acceptors (Lipinski definition) is 2. The van der Waals surface area contributed by atoms with E-state index >= 15 is 0 Å². The third-order valence-electron chi connectivity index (χ3n) is 6.04. The van der Waals surface area contributed by atoms with Crippen molar-refractivity contribution in [3.8, 4) is 11.3 Å². The van der Waals surface area contributed by atoms with Crippen LogP contribution in [0.5, 0.6) is 0 Å². The highest BCUT2D eigenvalue weighted by Gasteiger charge is 2.20. The van der Waals surface area contributed by atoms with Crippen LogP contribution in [-0.2, 0) is 6.67 Å². The van der Waals surface area contributed by atoms with Gasteiger partial charge in [0.05, 0.1) is 23.3 Å². The molecule has 4 nitrogen and oxygen atoms in total. The Balaban J connectivity index is 1.74. The summed E-state index contributed by atoms with van der Waals surface area (Å²) in [5.74, 6) is 0.774. The van der Waals surface area contributed by atoms with Gasteiger partial charge in [-0.1, -0.05) is 55.5 Å². The van der Waals surface area contributed by atoms with Crippen molar-refractivity contribution in [2.24, 2.45) is 5.92 Å². The van der Waals surface area contributed by atoms with Crippen molar-refractivity contribution >= 4 is 16.3 Å². The first-order valence-electron chi connectivity index (χ1n) is 10.1. The lowest BCUT2D eigenvalue weighted by Crippen LogP contribution is -2.39. The van der Waals surface area contributed by atoms with Crippen LogP contribution in [0, 0.1) is 5.92 Å². The van der Waals surface area contributed by atoms with Gasteiger partial charge in [0.25, 0.3) is 5.56 Å². The molecule has 1 saturated heterocycles. The van der Waals surface area contributed by atoms with E-state index in [0.29, 0.717) is 6.67 Å². The molecule has 142 valence electrons. The summed E-state index contributed by atoms with van der Waals surface area (Å²) in [4.78, 5) is 15.9. The van der Waals surface area contributed by atoms with Crippen molar-refractivity contribution in [3.05, 3.63) is 77.1 Å². The fraction of sp³-hybridized carbons (Fsp3) is 0.292. The first kappa shape index (κ1) is 17.3. The zero-order chi connectivity index (χ0) is 19.1. The fourth-order valence-electron chi connectivity index (χ4n) is 4.36.